The fourth-order valence-electron chi connectivity index (χ4n) is 5.56. The van der Waals surface area contributed by atoms with E-state index in [1.165, 1.54) is 12.8 Å². The molecular weight excluding hydrogens is 454 g/mol. The number of hydrogen-bond acceptors (Lipinski definition) is 7. The van der Waals surface area contributed by atoms with E-state index in [0.29, 0.717) is 19.3 Å². The molecule has 0 aromatic carbocycles. The first-order valence-corrected chi connectivity index (χ1v) is 13.1. The van der Waals surface area contributed by atoms with Crippen LogP contribution in [0.1, 0.15) is 51.3 Å². The van der Waals surface area contributed by atoms with Gasteiger partial charge in [0.1, 0.15) is 17.0 Å². The van der Waals surface area contributed by atoms with E-state index in [1.807, 2.05) is 35.7 Å². The first-order chi connectivity index (χ1) is 17.8. The normalized spacial score (nSPS) is 22.9. The number of aromatic nitrogens is 6. The Morgan fingerprint density at radius 3 is 2.81 bits per heavy atom. The van der Waals surface area contributed by atoms with Crippen molar-refractivity contribution >= 4 is 16.7 Å². The number of nitrogens with zero attached hydrogens (tertiary/aromatic N) is 7. The second kappa shape index (κ2) is 8.97. The van der Waals surface area contributed by atoms with Crippen molar-refractivity contribution in [2.24, 2.45) is 0 Å². The Labute approximate surface area is 210 Å². The van der Waals surface area contributed by atoms with Gasteiger partial charge in [0.2, 0.25) is 0 Å². The number of imidazole rings is 1. The quantitative estimate of drug-likeness (QED) is 0.408. The van der Waals surface area contributed by atoms with Crippen molar-refractivity contribution in [2.75, 3.05) is 31.3 Å². The minimum atomic E-state index is -0.0703. The fourth-order valence-corrected chi connectivity index (χ4v) is 5.56. The lowest BCUT2D eigenvalue weighted by Gasteiger charge is -2.34. The zero-order valence-corrected chi connectivity index (χ0v) is 20.6. The highest BCUT2D eigenvalue weighted by atomic mass is 16.5. The van der Waals surface area contributed by atoms with Crippen LogP contribution in [0, 0.1) is 0 Å². The molecule has 1 aliphatic carbocycles. The third-order valence-electron chi connectivity index (χ3n) is 7.60. The fraction of sp³-hybridized carbons (Fsp3) is 0.481. The Balaban J connectivity index is 1.44. The first kappa shape index (κ1) is 21.9. The number of hydrogen-bond donors (Lipinski definition) is 0. The minimum absolute atomic E-state index is 0.0703. The molecule has 2 atom stereocenters. The van der Waals surface area contributed by atoms with E-state index in [4.69, 9.17) is 19.4 Å². The lowest BCUT2D eigenvalue weighted by Crippen LogP contribution is -2.44. The van der Waals surface area contributed by atoms with E-state index in [0.717, 1.165) is 71.8 Å². The van der Waals surface area contributed by atoms with E-state index in [-0.39, 0.29) is 12.3 Å². The molecule has 36 heavy (non-hydrogen) atoms. The number of fused-ring (bicyclic) bond motifs is 1. The maximum atomic E-state index is 6.08. The standard InChI is InChI=1S/C27H31N7O2/c1-18-16-35-13-11-32(18)24-14-21(23-15-28-17-33(23)19-5-6-19)20-7-9-29-27(26(20)31-24)22-8-10-30-34(22)25-4-2-3-12-36-25/h7-10,14-15,17-19,25H,2-6,11-13,16H2,1H3/t18-,25?/m1/s1. The number of ether oxygens (including phenoxy) is 2. The highest BCUT2D eigenvalue weighted by molar-refractivity contribution is 6.01. The van der Waals surface area contributed by atoms with Crippen LogP contribution in [0.2, 0.25) is 0 Å². The molecule has 4 aromatic rings. The van der Waals surface area contributed by atoms with Gasteiger partial charge in [-0.1, -0.05) is 0 Å². The molecule has 9 nitrogen and oxygen atoms in total. The van der Waals surface area contributed by atoms with Crippen LogP contribution in [0.4, 0.5) is 5.82 Å². The molecule has 3 fully saturated rings. The highest BCUT2D eigenvalue weighted by Crippen LogP contribution is 2.42. The average molecular weight is 486 g/mol. The van der Waals surface area contributed by atoms with E-state index in [9.17, 15) is 0 Å². The lowest BCUT2D eigenvalue weighted by atomic mass is 10.0. The van der Waals surface area contributed by atoms with Gasteiger partial charge in [0, 0.05) is 42.5 Å². The molecule has 0 amide bonds. The second-order valence-corrected chi connectivity index (χ2v) is 10.1. The molecule has 0 spiro atoms. The molecule has 4 aromatic heterocycles. The maximum absolute atomic E-state index is 6.08. The van der Waals surface area contributed by atoms with E-state index >= 15 is 0 Å². The van der Waals surface area contributed by atoms with Crippen molar-refractivity contribution in [2.45, 2.75) is 57.3 Å². The lowest BCUT2D eigenvalue weighted by molar-refractivity contribution is -0.0383. The van der Waals surface area contributed by atoms with Gasteiger partial charge in [-0.25, -0.2) is 14.6 Å². The van der Waals surface area contributed by atoms with Crippen LogP contribution >= 0.6 is 0 Å². The van der Waals surface area contributed by atoms with Gasteiger partial charge in [-0.15, -0.1) is 0 Å². The van der Waals surface area contributed by atoms with Gasteiger partial charge in [0.25, 0.3) is 0 Å². The molecule has 0 radical (unpaired) electrons. The number of rotatable bonds is 5. The molecular formula is C27H31N7O2. The van der Waals surface area contributed by atoms with Crippen molar-refractivity contribution in [1.82, 2.24) is 29.3 Å². The van der Waals surface area contributed by atoms with Gasteiger partial charge in [-0.3, -0.25) is 4.98 Å². The van der Waals surface area contributed by atoms with Gasteiger partial charge >= 0.3 is 0 Å². The molecule has 186 valence electrons. The predicted octanol–water partition coefficient (Wildman–Crippen LogP) is 4.62. The van der Waals surface area contributed by atoms with Crippen LogP contribution in [0.5, 0.6) is 0 Å². The summed E-state index contributed by atoms with van der Waals surface area (Å²) in [4.78, 5) is 17.0. The van der Waals surface area contributed by atoms with Gasteiger partial charge in [0.15, 0.2) is 6.23 Å². The summed E-state index contributed by atoms with van der Waals surface area (Å²) >= 11 is 0. The van der Waals surface area contributed by atoms with E-state index < -0.39 is 0 Å². The van der Waals surface area contributed by atoms with Crippen LogP contribution in [0.25, 0.3) is 33.5 Å². The van der Waals surface area contributed by atoms with Crippen molar-refractivity contribution in [3.05, 3.63) is 43.1 Å². The average Bonchev–Trinajstić information content (AvgIpc) is 3.44. The molecule has 1 unspecified atom stereocenters. The summed E-state index contributed by atoms with van der Waals surface area (Å²) in [6.45, 7) is 5.16. The Morgan fingerprint density at radius 1 is 1.03 bits per heavy atom. The maximum Gasteiger partial charge on any atom is 0.150 e. The summed E-state index contributed by atoms with van der Waals surface area (Å²) in [6.07, 6.45) is 13.2. The monoisotopic (exact) mass is 485 g/mol. The number of anilines is 1. The summed E-state index contributed by atoms with van der Waals surface area (Å²) in [6, 6.07) is 7.11. The zero-order valence-electron chi connectivity index (χ0n) is 20.6. The second-order valence-electron chi connectivity index (χ2n) is 10.1. The summed E-state index contributed by atoms with van der Waals surface area (Å²) in [5, 5.41) is 5.72. The van der Waals surface area contributed by atoms with E-state index in [1.54, 1.807) is 0 Å². The molecule has 0 N–H and O–H groups in total. The SMILES string of the molecule is C[C@@H]1COCCN1c1cc(-c2cncn2C2CC2)c2ccnc(-c3ccnn3C3CCCCO3)c2n1. The summed E-state index contributed by atoms with van der Waals surface area (Å²) in [7, 11) is 0. The Bertz CT molecular complexity index is 1390. The molecule has 3 aliphatic rings. The van der Waals surface area contributed by atoms with Crippen molar-refractivity contribution < 1.29 is 9.47 Å². The summed E-state index contributed by atoms with van der Waals surface area (Å²) < 4.78 is 16.1. The van der Waals surface area contributed by atoms with Gasteiger partial charge < -0.3 is 18.9 Å². The number of morpholine rings is 1. The molecule has 1 saturated carbocycles. The van der Waals surface area contributed by atoms with Crippen molar-refractivity contribution in [3.63, 3.8) is 0 Å². The highest BCUT2D eigenvalue weighted by Gasteiger charge is 2.29. The van der Waals surface area contributed by atoms with E-state index in [2.05, 4.69) is 38.6 Å². The molecule has 9 heteroatoms. The number of pyridine rings is 2. The van der Waals surface area contributed by atoms with Crippen molar-refractivity contribution in [3.8, 4) is 22.6 Å². The molecule has 2 saturated heterocycles. The van der Waals surface area contributed by atoms with Crippen molar-refractivity contribution in [1.29, 1.82) is 0 Å². The topological polar surface area (TPSA) is 83.1 Å². The Hall–Kier alpha value is -3.30. The van der Waals surface area contributed by atoms with Crippen LogP contribution < -0.4 is 4.90 Å². The van der Waals surface area contributed by atoms with Crippen LogP contribution in [0.15, 0.2) is 43.1 Å². The predicted molar refractivity (Wildman–Crippen MR) is 137 cm³/mol. The minimum Gasteiger partial charge on any atom is -0.377 e. The zero-order chi connectivity index (χ0) is 24.1. The summed E-state index contributed by atoms with van der Waals surface area (Å²) in [5.74, 6) is 0.950. The van der Waals surface area contributed by atoms with Gasteiger partial charge in [-0.2, -0.15) is 5.10 Å². The first-order valence-electron chi connectivity index (χ1n) is 13.1. The largest absolute Gasteiger partial charge is 0.377 e. The summed E-state index contributed by atoms with van der Waals surface area (Å²) in [5.41, 5.74) is 4.93. The van der Waals surface area contributed by atoms with Crippen LogP contribution in [0.3, 0.4) is 0 Å². The third kappa shape index (κ3) is 3.77. The smallest absolute Gasteiger partial charge is 0.150 e. The van der Waals surface area contributed by atoms with Gasteiger partial charge in [-0.05, 0) is 57.2 Å². The molecule has 0 bridgehead atoms. The van der Waals surface area contributed by atoms with Crippen LogP contribution in [-0.2, 0) is 9.47 Å². The Morgan fingerprint density at radius 2 is 1.97 bits per heavy atom. The third-order valence-corrected chi connectivity index (χ3v) is 7.60. The molecule has 7 rings (SSSR count). The Kier molecular flexibility index (Phi) is 5.47. The van der Waals surface area contributed by atoms with Gasteiger partial charge in [0.05, 0.1) is 43.2 Å². The molecule has 2 aliphatic heterocycles. The van der Waals surface area contributed by atoms with Crippen LogP contribution in [-0.4, -0.2) is 61.7 Å². The molecule has 6 heterocycles.